The zero-order chi connectivity index (χ0) is 43.7. The fourth-order valence-electron chi connectivity index (χ4n) is 9.48. The Morgan fingerprint density at radius 2 is 1.39 bits per heavy atom. The lowest BCUT2D eigenvalue weighted by Gasteiger charge is -2.43. The number of carbonyl (C=O) groups excluding carboxylic acids is 3. The molecule has 1 aromatic heterocycles. The number of rotatable bonds is 10. The van der Waals surface area contributed by atoms with Gasteiger partial charge in [0.25, 0.3) is 0 Å². The molecule has 324 valence electrons. The molecule has 1 N–H and O–H groups in total. The third kappa shape index (κ3) is 8.86. The van der Waals surface area contributed by atoms with Gasteiger partial charge in [0.15, 0.2) is 0 Å². The highest BCUT2D eigenvalue weighted by Crippen LogP contribution is 2.43. The second kappa shape index (κ2) is 17.8. The largest absolute Gasteiger partial charge is 0.443 e. The van der Waals surface area contributed by atoms with Crippen molar-refractivity contribution in [2.75, 3.05) is 33.1 Å². The maximum absolute atomic E-state index is 14.0. The number of para-hydroxylation sites is 2. The molecule has 62 heavy (non-hydrogen) atoms. The van der Waals surface area contributed by atoms with Crippen LogP contribution in [0.15, 0.2) is 103 Å². The van der Waals surface area contributed by atoms with Crippen LogP contribution in [0.2, 0.25) is 0 Å². The number of carbonyl (C=O) groups is 3. The van der Waals surface area contributed by atoms with Crippen molar-refractivity contribution in [3.63, 3.8) is 0 Å². The van der Waals surface area contributed by atoms with Crippen LogP contribution in [-0.4, -0.2) is 63.1 Å². The van der Waals surface area contributed by atoms with Gasteiger partial charge in [-0.2, -0.15) is 0 Å². The van der Waals surface area contributed by atoms with Gasteiger partial charge in [-0.05, 0) is 107 Å². The van der Waals surface area contributed by atoms with Crippen LogP contribution in [0.5, 0.6) is 0 Å². The molecular formula is C51H61N7O4. The summed E-state index contributed by atoms with van der Waals surface area (Å²) < 4.78 is 8.29. The van der Waals surface area contributed by atoms with E-state index in [1.165, 1.54) is 5.56 Å². The molecule has 0 spiro atoms. The molecule has 11 heteroatoms. The van der Waals surface area contributed by atoms with Crippen molar-refractivity contribution in [1.82, 2.24) is 14.5 Å². The molecule has 5 aromatic rings. The zero-order valence-corrected chi connectivity index (χ0v) is 37.3. The van der Waals surface area contributed by atoms with Crippen LogP contribution in [0.25, 0.3) is 11.3 Å². The van der Waals surface area contributed by atoms with Crippen molar-refractivity contribution in [3.05, 3.63) is 126 Å². The summed E-state index contributed by atoms with van der Waals surface area (Å²) in [6.07, 6.45) is 4.97. The smallest absolute Gasteiger partial charge is 0.415 e. The number of anilines is 4. The molecule has 11 nitrogen and oxygen atoms in total. The highest BCUT2D eigenvalue weighted by Gasteiger charge is 2.40. The van der Waals surface area contributed by atoms with Crippen LogP contribution in [-0.2, 0) is 33.8 Å². The fourth-order valence-corrected chi connectivity index (χ4v) is 9.48. The van der Waals surface area contributed by atoms with Crippen molar-refractivity contribution >= 4 is 40.7 Å². The van der Waals surface area contributed by atoms with Gasteiger partial charge >= 0.3 is 6.09 Å². The average molecular weight is 836 g/mol. The Kier molecular flexibility index (Phi) is 12.3. The molecule has 0 unspecified atom stereocenters. The molecule has 3 aliphatic heterocycles. The molecule has 3 amide bonds. The summed E-state index contributed by atoms with van der Waals surface area (Å²) in [7, 11) is 0. The first kappa shape index (κ1) is 42.7. The Labute approximate surface area is 366 Å². The molecule has 0 fully saturated rings. The lowest BCUT2D eigenvalue weighted by atomic mass is 9.90. The van der Waals surface area contributed by atoms with Gasteiger partial charge in [0.05, 0.1) is 24.3 Å². The van der Waals surface area contributed by atoms with Crippen LogP contribution < -0.4 is 20.0 Å². The van der Waals surface area contributed by atoms with E-state index in [1.807, 2.05) is 92.9 Å². The average Bonchev–Trinajstić information content (AvgIpc) is 3.69. The van der Waals surface area contributed by atoms with Gasteiger partial charge in [0.1, 0.15) is 11.4 Å². The van der Waals surface area contributed by atoms with E-state index in [0.717, 1.165) is 90.0 Å². The first-order valence-electron chi connectivity index (χ1n) is 22.4. The number of hydrogen-bond acceptors (Lipinski definition) is 7. The number of benzene rings is 4. The van der Waals surface area contributed by atoms with E-state index >= 15 is 0 Å². The molecule has 0 radical (unpaired) electrons. The summed E-state index contributed by atoms with van der Waals surface area (Å²) in [6, 6.07) is 32.9. The number of hydrogen-bond donors (Lipinski definition) is 1. The molecule has 4 heterocycles. The van der Waals surface area contributed by atoms with Gasteiger partial charge in [0, 0.05) is 79.1 Å². The normalized spacial score (nSPS) is 19.9. The maximum Gasteiger partial charge on any atom is 0.415 e. The Morgan fingerprint density at radius 1 is 0.774 bits per heavy atom. The third-order valence-electron chi connectivity index (χ3n) is 12.5. The highest BCUT2D eigenvalue weighted by atomic mass is 16.6. The number of imidazole rings is 1. The van der Waals surface area contributed by atoms with E-state index in [1.54, 1.807) is 4.90 Å². The summed E-state index contributed by atoms with van der Waals surface area (Å²) in [5.74, 6) is 1.30. The van der Waals surface area contributed by atoms with Crippen molar-refractivity contribution in [1.29, 1.82) is 0 Å². The molecule has 0 bridgehead atoms. The van der Waals surface area contributed by atoms with Gasteiger partial charge in [-0.3, -0.25) is 19.4 Å². The van der Waals surface area contributed by atoms with E-state index in [4.69, 9.17) is 9.72 Å². The summed E-state index contributed by atoms with van der Waals surface area (Å²) in [5, 5.41) is 3.75. The van der Waals surface area contributed by atoms with Gasteiger partial charge in [0.2, 0.25) is 11.8 Å². The molecule has 0 saturated carbocycles. The molecule has 0 saturated heterocycles. The molecular weight excluding hydrogens is 775 g/mol. The molecule has 4 aromatic carbocycles. The first-order valence-corrected chi connectivity index (χ1v) is 22.4. The zero-order valence-electron chi connectivity index (χ0n) is 37.3. The van der Waals surface area contributed by atoms with E-state index in [0.29, 0.717) is 19.3 Å². The van der Waals surface area contributed by atoms with Gasteiger partial charge < -0.3 is 24.4 Å². The topological polar surface area (TPSA) is 103 Å². The SMILES string of the molecule is CCC(=O)N1c2ccccc2[C@H](N(C(=O)OC(C)(C)C)c2ccc(CCN3CCn4cc(-c5ccc(N[C@@H]6C[C@H](C)N(C(=O)CC)c7ccccc76)cc5)nc4C3)cc2)C[C@@H]1C. The van der Waals surface area contributed by atoms with Crippen LogP contribution in [0.1, 0.15) is 109 Å². The van der Waals surface area contributed by atoms with E-state index in [-0.39, 0.29) is 36.0 Å². The second-order valence-electron chi connectivity index (χ2n) is 18.1. The molecule has 0 aliphatic carbocycles. The monoisotopic (exact) mass is 835 g/mol. The molecule has 4 atom stereocenters. The van der Waals surface area contributed by atoms with Crippen LogP contribution in [0.3, 0.4) is 0 Å². The summed E-state index contributed by atoms with van der Waals surface area (Å²) in [6.45, 7) is 17.2. The van der Waals surface area contributed by atoms with Gasteiger partial charge in [-0.25, -0.2) is 9.78 Å². The first-order chi connectivity index (χ1) is 29.8. The van der Waals surface area contributed by atoms with Gasteiger partial charge in [-0.1, -0.05) is 74.5 Å². The van der Waals surface area contributed by atoms with Crippen molar-refractivity contribution < 1.29 is 19.1 Å². The Morgan fingerprint density at radius 3 is 2.03 bits per heavy atom. The Bertz CT molecular complexity index is 2400. The number of nitrogens with zero attached hydrogens (tertiary/aromatic N) is 6. The van der Waals surface area contributed by atoms with Crippen LogP contribution in [0, 0.1) is 0 Å². The van der Waals surface area contributed by atoms with Crippen molar-refractivity contribution in [2.24, 2.45) is 0 Å². The number of fused-ring (bicyclic) bond motifs is 3. The van der Waals surface area contributed by atoms with Gasteiger partial charge in [-0.15, -0.1) is 0 Å². The minimum Gasteiger partial charge on any atom is -0.443 e. The number of amides is 3. The van der Waals surface area contributed by atoms with Crippen LogP contribution >= 0.6 is 0 Å². The van der Waals surface area contributed by atoms with Crippen molar-refractivity contribution in [2.45, 2.75) is 123 Å². The second-order valence-corrected chi connectivity index (χ2v) is 18.1. The third-order valence-corrected chi connectivity index (χ3v) is 12.5. The summed E-state index contributed by atoms with van der Waals surface area (Å²) in [4.78, 5) is 53.1. The quantitative estimate of drug-likeness (QED) is 0.149. The predicted octanol–water partition coefficient (Wildman–Crippen LogP) is 10.3. The minimum absolute atomic E-state index is 0.0747. The standard InChI is InChI=1S/C51H61N7O4/c1-8-48(59)56-34(3)30-42(40-14-10-12-16-44(40)56)52-38-22-20-37(21-23-38)43-32-55-29-28-54(33-47(55)53-43)27-26-36-18-24-39(25-19-36)58(50(61)62-51(5,6)7)46-31-35(4)57(49(60)9-2)45-17-13-11-15-41(45)46/h10-25,32,34-35,42,46,52H,8-9,26-31,33H2,1-7H3/t34-,35-,42+,46+/m0/s1. The summed E-state index contributed by atoms with van der Waals surface area (Å²) in [5.41, 5.74) is 8.34. The fraction of sp³-hybridized carbons (Fsp3) is 0.412. The highest BCUT2D eigenvalue weighted by molar-refractivity contribution is 5.97. The Balaban J connectivity index is 0.916. The molecule has 3 aliphatic rings. The van der Waals surface area contributed by atoms with E-state index in [9.17, 15) is 14.4 Å². The lowest BCUT2D eigenvalue weighted by Crippen LogP contribution is -2.48. The number of nitrogens with one attached hydrogen (secondary N) is 1. The number of ether oxygens (including phenoxy) is 1. The minimum atomic E-state index is -0.672. The number of aromatic nitrogens is 2. The van der Waals surface area contributed by atoms with Crippen LogP contribution in [0.4, 0.5) is 27.5 Å². The van der Waals surface area contributed by atoms with E-state index in [2.05, 4.69) is 83.4 Å². The van der Waals surface area contributed by atoms with E-state index < -0.39 is 11.7 Å². The predicted molar refractivity (Wildman–Crippen MR) is 247 cm³/mol. The molecule has 8 rings (SSSR count). The Hall–Kier alpha value is -5.94. The van der Waals surface area contributed by atoms with Crippen molar-refractivity contribution in [3.8, 4) is 11.3 Å². The summed E-state index contributed by atoms with van der Waals surface area (Å²) >= 11 is 0. The lowest BCUT2D eigenvalue weighted by molar-refractivity contribution is -0.119. The maximum atomic E-state index is 14.0.